The fraction of sp³-hybridized carbons (Fsp3) is 0.148. The average Bonchev–Trinajstić information content (AvgIpc) is 3.07. The van der Waals surface area contributed by atoms with E-state index >= 15 is 0 Å². The Labute approximate surface area is 180 Å². The Morgan fingerprint density at radius 3 is 2.42 bits per heavy atom. The van der Waals surface area contributed by atoms with Crippen molar-refractivity contribution >= 4 is 38.5 Å². The van der Waals surface area contributed by atoms with Gasteiger partial charge in [-0.05, 0) is 58.1 Å². The predicted molar refractivity (Wildman–Crippen MR) is 127 cm³/mol. The van der Waals surface area contributed by atoms with Crippen LogP contribution in [0.1, 0.15) is 41.3 Å². The molecule has 1 amide bonds. The summed E-state index contributed by atoms with van der Waals surface area (Å²) in [5.74, 6) is -0.0575. The van der Waals surface area contributed by atoms with Crippen molar-refractivity contribution < 1.29 is 9.90 Å². The Kier molecular flexibility index (Phi) is 4.44. The molecule has 0 radical (unpaired) electrons. The lowest BCUT2D eigenvalue weighted by Crippen LogP contribution is -2.11. The number of aromatic nitrogens is 1. The van der Waals surface area contributed by atoms with E-state index in [0.717, 1.165) is 22.2 Å². The number of primary amides is 1. The Bertz CT molecular complexity index is 1480. The molecule has 0 bridgehead atoms. The number of nitrogens with two attached hydrogens (primary N) is 1. The van der Waals surface area contributed by atoms with Crippen molar-refractivity contribution in [2.24, 2.45) is 5.73 Å². The summed E-state index contributed by atoms with van der Waals surface area (Å²) < 4.78 is 2.17. The molecule has 0 spiro atoms. The van der Waals surface area contributed by atoms with Crippen molar-refractivity contribution in [1.29, 1.82) is 0 Å². The Morgan fingerprint density at radius 2 is 1.68 bits per heavy atom. The number of aromatic hydroxyl groups is 1. The molecule has 5 aromatic rings. The van der Waals surface area contributed by atoms with Gasteiger partial charge in [0.05, 0.1) is 16.4 Å². The monoisotopic (exact) mass is 408 g/mol. The summed E-state index contributed by atoms with van der Waals surface area (Å²) in [5.41, 5.74) is 10.1. The summed E-state index contributed by atoms with van der Waals surface area (Å²) in [6.45, 7) is 4.82. The van der Waals surface area contributed by atoms with Crippen LogP contribution < -0.4 is 5.73 Å². The third kappa shape index (κ3) is 3.12. The molecule has 0 fully saturated rings. The highest BCUT2D eigenvalue weighted by atomic mass is 16.3. The van der Waals surface area contributed by atoms with E-state index in [2.05, 4.69) is 54.8 Å². The highest BCUT2D eigenvalue weighted by Gasteiger charge is 2.20. The minimum Gasteiger partial charge on any atom is -0.507 e. The second kappa shape index (κ2) is 7.17. The molecule has 0 saturated heterocycles. The van der Waals surface area contributed by atoms with Gasteiger partial charge in [-0.2, -0.15) is 0 Å². The lowest BCUT2D eigenvalue weighted by atomic mass is 9.99. The molecule has 0 aliphatic rings. The quantitative estimate of drug-likeness (QED) is 0.387. The zero-order chi connectivity index (χ0) is 21.7. The molecule has 3 N–H and O–H groups in total. The molecule has 0 aliphatic heterocycles. The Hall–Kier alpha value is -3.79. The minimum atomic E-state index is -0.498. The van der Waals surface area contributed by atoms with E-state index in [-0.39, 0.29) is 11.7 Å². The Balaban J connectivity index is 1.82. The van der Waals surface area contributed by atoms with Gasteiger partial charge in [-0.15, -0.1) is 0 Å². The second-order valence-corrected chi connectivity index (χ2v) is 8.42. The number of nitrogens with zero attached hydrogens (tertiary/aromatic N) is 1. The van der Waals surface area contributed by atoms with E-state index in [1.807, 2.05) is 24.3 Å². The maximum atomic E-state index is 12.2. The van der Waals surface area contributed by atoms with E-state index in [0.29, 0.717) is 22.9 Å². The largest absolute Gasteiger partial charge is 0.507 e. The minimum absolute atomic E-state index is 0.178. The molecule has 4 heteroatoms. The van der Waals surface area contributed by atoms with Crippen molar-refractivity contribution in [1.82, 2.24) is 4.57 Å². The first kappa shape index (κ1) is 19.2. The first-order valence-electron chi connectivity index (χ1n) is 10.5. The molecule has 31 heavy (non-hydrogen) atoms. The molecule has 154 valence electrons. The molecule has 0 atom stereocenters. The van der Waals surface area contributed by atoms with Crippen LogP contribution in [-0.4, -0.2) is 15.6 Å². The van der Waals surface area contributed by atoms with Crippen LogP contribution >= 0.6 is 0 Å². The lowest BCUT2D eigenvalue weighted by Gasteiger charge is -2.12. The van der Waals surface area contributed by atoms with Crippen LogP contribution in [0, 0.1) is 0 Å². The van der Waals surface area contributed by atoms with Crippen LogP contribution in [0.15, 0.2) is 72.8 Å². The van der Waals surface area contributed by atoms with Gasteiger partial charge in [-0.25, -0.2) is 0 Å². The highest BCUT2D eigenvalue weighted by molar-refractivity contribution is 6.19. The van der Waals surface area contributed by atoms with Crippen LogP contribution in [0.3, 0.4) is 0 Å². The molecular formula is C27H24N2O2. The van der Waals surface area contributed by atoms with Crippen molar-refractivity contribution in [2.45, 2.75) is 26.3 Å². The van der Waals surface area contributed by atoms with Crippen LogP contribution in [0.5, 0.6) is 5.75 Å². The summed E-state index contributed by atoms with van der Waals surface area (Å²) in [5, 5.41) is 14.7. The molecule has 0 aliphatic carbocycles. The number of amides is 1. The number of fused-ring (bicyclic) bond motifs is 4. The topological polar surface area (TPSA) is 68.2 Å². The lowest BCUT2D eigenvalue weighted by molar-refractivity contribution is 0.100. The van der Waals surface area contributed by atoms with Gasteiger partial charge >= 0.3 is 0 Å². The van der Waals surface area contributed by atoms with Crippen LogP contribution in [0.25, 0.3) is 32.6 Å². The molecule has 1 aromatic heterocycles. The van der Waals surface area contributed by atoms with E-state index in [9.17, 15) is 9.90 Å². The van der Waals surface area contributed by atoms with Crippen molar-refractivity contribution in [3.8, 4) is 5.75 Å². The average molecular weight is 409 g/mol. The van der Waals surface area contributed by atoms with Gasteiger partial charge in [0.15, 0.2) is 0 Å². The zero-order valence-electron chi connectivity index (χ0n) is 17.6. The molecule has 0 saturated carbocycles. The fourth-order valence-electron chi connectivity index (χ4n) is 4.49. The summed E-state index contributed by atoms with van der Waals surface area (Å²) in [4.78, 5) is 12.2. The van der Waals surface area contributed by atoms with Gasteiger partial charge < -0.3 is 15.4 Å². The summed E-state index contributed by atoms with van der Waals surface area (Å²) in [6.07, 6.45) is 0. The number of benzene rings is 4. The summed E-state index contributed by atoms with van der Waals surface area (Å²) in [7, 11) is 0. The first-order valence-corrected chi connectivity index (χ1v) is 10.5. The van der Waals surface area contributed by atoms with Gasteiger partial charge in [0.1, 0.15) is 5.75 Å². The fourth-order valence-corrected chi connectivity index (χ4v) is 4.49. The van der Waals surface area contributed by atoms with Crippen molar-refractivity contribution in [3.05, 3.63) is 89.5 Å². The van der Waals surface area contributed by atoms with Gasteiger partial charge in [0, 0.05) is 17.5 Å². The van der Waals surface area contributed by atoms with E-state index < -0.39 is 5.91 Å². The number of carbonyl (C=O) groups is 1. The summed E-state index contributed by atoms with van der Waals surface area (Å²) in [6, 6.07) is 24.2. The van der Waals surface area contributed by atoms with Gasteiger partial charge in [-0.1, -0.05) is 56.3 Å². The molecule has 0 unspecified atom stereocenters. The molecule has 4 aromatic carbocycles. The summed E-state index contributed by atoms with van der Waals surface area (Å²) >= 11 is 0. The number of hydrogen-bond donors (Lipinski definition) is 2. The van der Waals surface area contributed by atoms with E-state index in [1.165, 1.54) is 10.8 Å². The Morgan fingerprint density at radius 1 is 0.903 bits per heavy atom. The van der Waals surface area contributed by atoms with Gasteiger partial charge in [-0.3, -0.25) is 4.79 Å². The third-order valence-corrected chi connectivity index (χ3v) is 6.08. The SMILES string of the molecule is CC(C)c1cc(O)c2c3c(C(N)=O)cccc3n(Cc3ccc4ccccc4c3)c2c1. The van der Waals surface area contributed by atoms with Crippen LogP contribution in [0.4, 0.5) is 0 Å². The number of hydrogen-bond acceptors (Lipinski definition) is 2. The molecule has 1 heterocycles. The standard InChI is InChI=1S/C27H24N2O2/c1-16(2)20-13-23-26(24(30)14-20)25-21(27(28)31)8-5-9-22(25)29(23)15-17-10-11-18-6-3-4-7-19(18)12-17/h3-14,16,30H,15H2,1-2H3,(H2,28,31). The second-order valence-electron chi connectivity index (χ2n) is 8.42. The van der Waals surface area contributed by atoms with Crippen LogP contribution in [-0.2, 0) is 6.54 Å². The van der Waals surface area contributed by atoms with E-state index in [4.69, 9.17) is 5.73 Å². The molecular weight excluding hydrogens is 384 g/mol. The molecule has 5 rings (SSSR count). The smallest absolute Gasteiger partial charge is 0.249 e. The number of phenols is 1. The zero-order valence-corrected chi connectivity index (χ0v) is 17.6. The highest BCUT2D eigenvalue weighted by Crippen LogP contribution is 2.39. The maximum Gasteiger partial charge on any atom is 0.249 e. The number of phenolic OH excluding ortho intramolecular Hbond substituents is 1. The van der Waals surface area contributed by atoms with Crippen molar-refractivity contribution in [2.75, 3.05) is 0 Å². The predicted octanol–water partition coefficient (Wildman–Crippen LogP) is 5.92. The maximum absolute atomic E-state index is 12.2. The molecule has 4 nitrogen and oxygen atoms in total. The third-order valence-electron chi connectivity index (χ3n) is 6.08. The van der Waals surface area contributed by atoms with Gasteiger partial charge in [0.25, 0.3) is 0 Å². The number of carbonyl (C=O) groups excluding carboxylic acids is 1. The number of rotatable bonds is 4. The van der Waals surface area contributed by atoms with Crippen molar-refractivity contribution in [3.63, 3.8) is 0 Å². The van der Waals surface area contributed by atoms with Crippen LogP contribution in [0.2, 0.25) is 0 Å². The first-order chi connectivity index (χ1) is 14.9. The normalized spacial score (nSPS) is 11.7. The van der Waals surface area contributed by atoms with Gasteiger partial charge in [0.2, 0.25) is 5.91 Å². The van der Waals surface area contributed by atoms with E-state index in [1.54, 1.807) is 12.1 Å².